The number of para-hydroxylation sites is 1. The van der Waals surface area contributed by atoms with Crippen LogP contribution in [-0.4, -0.2) is 15.1 Å². The topological polar surface area (TPSA) is 48.9 Å². The fourth-order valence-corrected chi connectivity index (χ4v) is 3.53. The molecule has 2 aromatic heterocycles. The number of halogens is 1. The minimum atomic E-state index is -0.251. The van der Waals surface area contributed by atoms with Gasteiger partial charge in [0.15, 0.2) is 5.88 Å². The molecule has 4 heteroatoms. The van der Waals surface area contributed by atoms with Gasteiger partial charge in [0.05, 0.1) is 16.8 Å². The largest absolute Gasteiger partial charge is 0.494 e. The zero-order valence-corrected chi connectivity index (χ0v) is 15.4. The van der Waals surface area contributed by atoms with E-state index in [4.69, 9.17) is 4.98 Å². The number of nitrogens with one attached hydrogen (secondary N) is 1. The monoisotopic (exact) mass is 380 g/mol. The van der Waals surface area contributed by atoms with Crippen LogP contribution in [0.2, 0.25) is 0 Å². The minimum Gasteiger partial charge on any atom is -0.494 e. The van der Waals surface area contributed by atoms with E-state index in [1.807, 2.05) is 66.7 Å². The summed E-state index contributed by atoms with van der Waals surface area (Å²) in [6.07, 6.45) is 3.90. The molecule has 140 valence electrons. The van der Waals surface area contributed by atoms with Crippen LogP contribution in [0.25, 0.3) is 45.2 Å². The van der Waals surface area contributed by atoms with Crippen molar-refractivity contribution in [2.75, 3.05) is 0 Å². The van der Waals surface area contributed by atoms with Gasteiger partial charge in [-0.15, -0.1) is 0 Å². The van der Waals surface area contributed by atoms with Crippen molar-refractivity contribution in [1.82, 2.24) is 9.97 Å². The average Bonchev–Trinajstić information content (AvgIpc) is 3.08. The number of aromatic amines is 1. The lowest BCUT2D eigenvalue weighted by Crippen LogP contribution is -1.85. The number of H-pyrrole nitrogens is 1. The summed E-state index contributed by atoms with van der Waals surface area (Å²) < 4.78 is 13.1. The predicted octanol–water partition coefficient (Wildman–Crippen LogP) is 6.40. The van der Waals surface area contributed by atoms with E-state index in [0.29, 0.717) is 11.3 Å². The van der Waals surface area contributed by atoms with Crippen LogP contribution in [0.4, 0.5) is 4.39 Å². The number of pyridine rings is 1. The standard InChI is InChI=1S/C25H17FN2O/c26-19-11-7-16(8-12-19)5-6-17-9-13-22-20(15-17)24(25(29)28-22)23-14-10-18-3-1-2-4-21(18)27-23/h1-15,28-29H. The molecule has 5 rings (SSSR count). The van der Waals surface area contributed by atoms with Crippen molar-refractivity contribution in [1.29, 1.82) is 0 Å². The zero-order chi connectivity index (χ0) is 19.8. The number of hydrogen-bond acceptors (Lipinski definition) is 2. The van der Waals surface area contributed by atoms with E-state index in [2.05, 4.69) is 4.98 Å². The molecule has 3 nitrogen and oxygen atoms in total. The maximum atomic E-state index is 13.1. The summed E-state index contributed by atoms with van der Waals surface area (Å²) in [5, 5.41) is 12.5. The number of aromatic hydroxyl groups is 1. The Hall–Kier alpha value is -3.92. The molecule has 0 spiro atoms. The lowest BCUT2D eigenvalue weighted by atomic mass is 10.0. The Morgan fingerprint density at radius 1 is 0.828 bits per heavy atom. The number of benzene rings is 3. The maximum absolute atomic E-state index is 13.1. The summed E-state index contributed by atoms with van der Waals surface area (Å²) in [6, 6.07) is 24.1. The molecule has 0 bridgehead atoms. The van der Waals surface area contributed by atoms with Crippen LogP contribution in [-0.2, 0) is 0 Å². The van der Waals surface area contributed by atoms with Gasteiger partial charge in [-0.25, -0.2) is 9.37 Å². The number of aromatic nitrogens is 2. The molecule has 0 amide bonds. The van der Waals surface area contributed by atoms with Gasteiger partial charge in [0, 0.05) is 16.3 Å². The van der Waals surface area contributed by atoms with E-state index < -0.39 is 0 Å². The molecule has 0 aliphatic heterocycles. The van der Waals surface area contributed by atoms with Crippen LogP contribution in [0.15, 0.2) is 78.9 Å². The molecular weight excluding hydrogens is 363 g/mol. The van der Waals surface area contributed by atoms with Gasteiger partial charge in [0.25, 0.3) is 0 Å². The summed E-state index contributed by atoms with van der Waals surface area (Å²) in [6.45, 7) is 0. The number of nitrogens with zero attached hydrogens (tertiary/aromatic N) is 1. The SMILES string of the molecule is Oc1[nH]c2ccc(C=Cc3ccc(F)cc3)cc2c1-c1ccc2ccccc2n1. The van der Waals surface area contributed by atoms with Gasteiger partial charge in [-0.3, -0.25) is 0 Å². The highest BCUT2D eigenvalue weighted by molar-refractivity contribution is 6.00. The second-order valence-electron chi connectivity index (χ2n) is 6.93. The minimum absolute atomic E-state index is 0.0995. The maximum Gasteiger partial charge on any atom is 0.199 e. The number of hydrogen-bond donors (Lipinski definition) is 2. The molecule has 0 saturated carbocycles. The fourth-order valence-electron chi connectivity index (χ4n) is 3.53. The molecular formula is C25H17FN2O. The van der Waals surface area contributed by atoms with Crippen LogP contribution < -0.4 is 0 Å². The van der Waals surface area contributed by atoms with Crippen molar-refractivity contribution in [2.24, 2.45) is 0 Å². The first-order chi connectivity index (χ1) is 14.2. The predicted molar refractivity (Wildman–Crippen MR) is 116 cm³/mol. The van der Waals surface area contributed by atoms with Crippen LogP contribution in [0, 0.1) is 5.82 Å². The molecule has 2 heterocycles. The van der Waals surface area contributed by atoms with Crippen LogP contribution in [0.5, 0.6) is 5.88 Å². The van der Waals surface area contributed by atoms with E-state index in [0.717, 1.165) is 32.9 Å². The zero-order valence-electron chi connectivity index (χ0n) is 15.4. The van der Waals surface area contributed by atoms with Crippen LogP contribution in [0.1, 0.15) is 11.1 Å². The first-order valence-corrected chi connectivity index (χ1v) is 9.32. The quantitative estimate of drug-likeness (QED) is 0.356. The van der Waals surface area contributed by atoms with Crippen molar-refractivity contribution in [2.45, 2.75) is 0 Å². The Bertz CT molecular complexity index is 1370. The highest BCUT2D eigenvalue weighted by Gasteiger charge is 2.14. The molecule has 5 aromatic rings. The summed E-state index contributed by atoms with van der Waals surface area (Å²) >= 11 is 0. The third kappa shape index (κ3) is 3.25. The highest BCUT2D eigenvalue weighted by atomic mass is 19.1. The smallest absolute Gasteiger partial charge is 0.199 e. The molecule has 0 aliphatic rings. The van der Waals surface area contributed by atoms with Crippen LogP contribution >= 0.6 is 0 Å². The second kappa shape index (κ2) is 6.91. The first-order valence-electron chi connectivity index (χ1n) is 9.32. The summed E-state index contributed by atoms with van der Waals surface area (Å²) in [5.41, 5.74) is 5.01. The average molecular weight is 380 g/mol. The van der Waals surface area contributed by atoms with Crippen molar-refractivity contribution >= 4 is 34.0 Å². The lowest BCUT2D eigenvalue weighted by Gasteiger charge is -2.03. The van der Waals surface area contributed by atoms with E-state index in [9.17, 15) is 9.50 Å². The molecule has 0 radical (unpaired) electrons. The Kier molecular flexibility index (Phi) is 4.10. The van der Waals surface area contributed by atoms with E-state index >= 15 is 0 Å². The van der Waals surface area contributed by atoms with E-state index in [1.54, 1.807) is 12.1 Å². The Balaban J connectivity index is 1.59. The van der Waals surface area contributed by atoms with Crippen molar-refractivity contribution < 1.29 is 9.50 Å². The Morgan fingerprint density at radius 3 is 2.45 bits per heavy atom. The number of rotatable bonds is 3. The van der Waals surface area contributed by atoms with Gasteiger partial charge in [-0.1, -0.05) is 54.6 Å². The van der Waals surface area contributed by atoms with Crippen LogP contribution in [0.3, 0.4) is 0 Å². The Morgan fingerprint density at radius 2 is 1.59 bits per heavy atom. The first kappa shape index (κ1) is 17.2. The number of fused-ring (bicyclic) bond motifs is 2. The van der Waals surface area contributed by atoms with Crippen molar-refractivity contribution in [3.05, 3.63) is 95.8 Å². The van der Waals surface area contributed by atoms with Gasteiger partial charge < -0.3 is 10.1 Å². The molecule has 0 unspecified atom stereocenters. The fraction of sp³-hybridized carbons (Fsp3) is 0. The highest BCUT2D eigenvalue weighted by Crippen LogP contribution is 2.37. The molecule has 2 N–H and O–H groups in total. The molecule has 0 saturated heterocycles. The van der Waals surface area contributed by atoms with Crippen molar-refractivity contribution in [3.63, 3.8) is 0 Å². The summed E-state index contributed by atoms with van der Waals surface area (Å²) in [5.74, 6) is -0.152. The lowest BCUT2D eigenvalue weighted by molar-refractivity contribution is 0.460. The molecule has 0 aliphatic carbocycles. The van der Waals surface area contributed by atoms with Gasteiger partial charge >= 0.3 is 0 Å². The van der Waals surface area contributed by atoms with Gasteiger partial charge in [0.2, 0.25) is 0 Å². The third-order valence-corrected chi connectivity index (χ3v) is 5.00. The van der Waals surface area contributed by atoms with Crippen molar-refractivity contribution in [3.8, 4) is 17.1 Å². The normalized spacial score (nSPS) is 11.6. The van der Waals surface area contributed by atoms with Gasteiger partial charge in [-0.05, 0) is 47.5 Å². The molecule has 0 fully saturated rings. The summed E-state index contributed by atoms with van der Waals surface area (Å²) in [7, 11) is 0. The molecule has 29 heavy (non-hydrogen) atoms. The molecule has 0 atom stereocenters. The van der Waals surface area contributed by atoms with Gasteiger partial charge in [-0.2, -0.15) is 0 Å². The van der Waals surface area contributed by atoms with E-state index in [-0.39, 0.29) is 11.7 Å². The third-order valence-electron chi connectivity index (χ3n) is 5.00. The van der Waals surface area contributed by atoms with Gasteiger partial charge in [0.1, 0.15) is 5.82 Å². The Labute approximate surface area is 166 Å². The second-order valence-corrected chi connectivity index (χ2v) is 6.93. The van der Waals surface area contributed by atoms with E-state index in [1.165, 1.54) is 12.1 Å². The summed E-state index contributed by atoms with van der Waals surface area (Å²) in [4.78, 5) is 7.76. The molecule has 3 aromatic carbocycles.